The lowest BCUT2D eigenvalue weighted by Crippen LogP contribution is -2.44. The van der Waals surface area contributed by atoms with Crippen LogP contribution in [0.15, 0.2) is 24.3 Å². The van der Waals surface area contributed by atoms with Gasteiger partial charge in [-0.3, -0.25) is 0 Å². The molecule has 1 saturated carbocycles. The summed E-state index contributed by atoms with van der Waals surface area (Å²) in [7, 11) is 2.23. The van der Waals surface area contributed by atoms with E-state index in [1.165, 1.54) is 50.9 Å². The Labute approximate surface area is 127 Å². The summed E-state index contributed by atoms with van der Waals surface area (Å²) in [4.78, 5) is 2.44. The third-order valence-electron chi connectivity index (χ3n) is 5.02. The van der Waals surface area contributed by atoms with Gasteiger partial charge >= 0.3 is 0 Å². The second-order valence-electron chi connectivity index (χ2n) is 6.54. The van der Waals surface area contributed by atoms with E-state index in [1.807, 2.05) is 12.1 Å². The molecule has 20 heavy (non-hydrogen) atoms. The number of likely N-dealkylation sites (tertiary alicyclic amines) is 1. The summed E-state index contributed by atoms with van der Waals surface area (Å²) in [6.45, 7) is 3.73. The summed E-state index contributed by atoms with van der Waals surface area (Å²) in [6, 6.07) is 9.01. The Morgan fingerprint density at radius 3 is 2.60 bits per heavy atom. The SMILES string of the molecule is CN1CCC(CNC2CC(c3ccccc3Cl)C2)CC1. The zero-order valence-electron chi connectivity index (χ0n) is 12.3. The van der Waals surface area contributed by atoms with Gasteiger partial charge in [-0.25, -0.2) is 0 Å². The van der Waals surface area contributed by atoms with Crippen molar-refractivity contribution in [1.82, 2.24) is 10.2 Å². The first-order valence-electron chi connectivity index (χ1n) is 7.88. The lowest BCUT2D eigenvalue weighted by atomic mass is 9.75. The van der Waals surface area contributed by atoms with Crippen LogP contribution in [0, 0.1) is 5.92 Å². The lowest BCUT2D eigenvalue weighted by molar-refractivity contribution is 0.199. The molecule has 0 bridgehead atoms. The van der Waals surface area contributed by atoms with E-state index in [1.54, 1.807) is 0 Å². The molecule has 2 nitrogen and oxygen atoms in total. The minimum absolute atomic E-state index is 0.665. The van der Waals surface area contributed by atoms with E-state index in [0.717, 1.165) is 10.9 Å². The number of hydrogen-bond acceptors (Lipinski definition) is 2. The normalized spacial score (nSPS) is 28.3. The van der Waals surface area contributed by atoms with Crippen molar-refractivity contribution in [3.63, 3.8) is 0 Å². The number of benzene rings is 1. The molecule has 3 heteroatoms. The van der Waals surface area contributed by atoms with Crippen molar-refractivity contribution >= 4 is 11.6 Å². The first kappa shape index (κ1) is 14.4. The van der Waals surface area contributed by atoms with Gasteiger partial charge in [-0.2, -0.15) is 0 Å². The fourth-order valence-corrected chi connectivity index (χ4v) is 3.73. The third kappa shape index (κ3) is 3.36. The molecule has 1 aliphatic carbocycles. The Morgan fingerprint density at radius 1 is 1.20 bits per heavy atom. The van der Waals surface area contributed by atoms with E-state index in [2.05, 4.69) is 29.4 Å². The highest BCUT2D eigenvalue weighted by molar-refractivity contribution is 6.31. The fourth-order valence-electron chi connectivity index (χ4n) is 3.44. The summed E-state index contributed by atoms with van der Waals surface area (Å²) >= 11 is 6.27. The van der Waals surface area contributed by atoms with Crippen molar-refractivity contribution < 1.29 is 0 Å². The molecule has 0 aromatic heterocycles. The Morgan fingerprint density at radius 2 is 1.90 bits per heavy atom. The van der Waals surface area contributed by atoms with Crippen LogP contribution in [0.1, 0.15) is 37.2 Å². The first-order chi connectivity index (χ1) is 9.72. The number of hydrogen-bond donors (Lipinski definition) is 1. The van der Waals surface area contributed by atoms with E-state index >= 15 is 0 Å². The van der Waals surface area contributed by atoms with E-state index in [0.29, 0.717) is 12.0 Å². The molecule has 1 aromatic carbocycles. The highest BCUT2D eigenvalue weighted by Gasteiger charge is 2.31. The molecule has 1 aromatic rings. The Kier molecular flexibility index (Phi) is 4.65. The lowest BCUT2D eigenvalue weighted by Gasteiger charge is -2.38. The van der Waals surface area contributed by atoms with Crippen LogP contribution in [-0.4, -0.2) is 37.6 Å². The van der Waals surface area contributed by atoms with Crippen molar-refractivity contribution in [1.29, 1.82) is 0 Å². The number of nitrogens with zero attached hydrogens (tertiary/aromatic N) is 1. The molecule has 1 heterocycles. The maximum atomic E-state index is 6.27. The molecule has 0 radical (unpaired) electrons. The van der Waals surface area contributed by atoms with Gasteiger partial charge < -0.3 is 10.2 Å². The van der Waals surface area contributed by atoms with Gasteiger partial charge in [-0.05, 0) is 75.8 Å². The van der Waals surface area contributed by atoms with Crippen LogP contribution in [0.2, 0.25) is 5.02 Å². The molecule has 0 atom stereocenters. The molecule has 1 aliphatic heterocycles. The minimum Gasteiger partial charge on any atom is -0.314 e. The van der Waals surface area contributed by atoms with Crippen LogP contribution in [-0.2, 0) is 0 Å². The van der Waals surface area contributed by atoms with Crippen molar-refractivity contribution in [2.24, 2.45) is 5.92 Å². The monoisotopic (exact) mass is 292 g/mol. The van der Waals surface area contributed by atoms with Gasteiger partial charge in [0, 0.05) is 11.1 Å². The average Bonchev–Trinajstić information content (AvgIpc) is 2.41. The molecule has 0 spiro atoms. The molecule has 2 aliphatic rings. The van der Waals surface area contributed by atoms with Crippen LogP contribution >= 0.6 is 11.6 Å². The van der Waals surface area contributed by atoms with Crippen LogP contribution < -0.4 is 5.32 Å². The Bertz CT molecular complexity index is 434. The number of nitrogens with one attached hydrogen (secondary N) is 1. The Hall–Kier alpha value is -0.570. The van der Waals surface area contributed by atoms with Crippen LogP contribution in [0.4, 0.5) is 0 Å². The van der Waals surface area contributed by atoms with Gasteiger partial charge in [0.25, 0.3) is 0 Å². The quantitative estimate of drug-likeness (QED) is 0.913. The fraction of sp³-hybridized carbons (Fsp3) is 0.647. The van der Waals surface area contributed by atoms with Gasteiger partial charge in [-0.15, -0.1) is 0 Å². The van der Waals surface area contributed by atoms with E-state index in [-0.39, 0.29) is 0 Å². The van der Waals surface area contributed by atoms with Crippen LogP contribution in [0.3, 0.4) is 0 Å². The summed E-state index contributed by atoms with van der Waals surface area (Å²) in [6.07, 6.45) is 5.20. The molecule has 2 fully saturated rings. The summed E-state index contributed by atoms with van der Waals surface area (Å²) in [5, 5.41) is 4.70. The maximum Gasteiger partial charge on any atom is 0.0440 e. The Balaban J connectivity index is 1.39. The van der Waals surface area contributed by atoms with Crippen LogP contribution in [0.25, 0.3) is 0 Å². The van der Waals surface area contributed by atoms with Crippen molar-refractivity contribution in [2.75, 3.05) is 26.7 Å². The van der Waals surface area contributed by atoms with E-state index in [9.17, 15) is 0 Å². The molecule has 1 saturated heterocycles. The number of piperidine rings is 1. The number of rotatable bonds is 4. The molecular formula is C17H25ClN2. The summed E-state index contributed by atoms with van der Waals surface area (Å²) in [5.74, 6) is 1.55. The maximum absolute atomic E-state index is 6.27. The van der Waals surface area contributed by atoms with Crippen molar-refractivity contribution in [3.8, 4) is 0 Å². The third-order valence-corrected chi connectivity index (χ3v) is 5.36. The molecule has 0 amide bonds. The first-order valence-corrected chi connectivity index (χ1v) is 8.26. The number of halogens is 1. The highest BCUT2D eigenvalue weighted by atomic mass is 35.5. The molecule has 3 rings (SSSR count). The van der Waals surface area contributed by atoms with E-state index < -0.39 is 0 Å². The highest BCUT2D eigenvalue weighted by Crippen LogP contribution is 2.39. The minimum atomic E-state index is 0.665. The standard InChI is InChI=1S/C17H25ClN2/c1-20-8-6-13(7-9-20)12-19-15-10-14(11-15)16-4-2-3-5-17(16)18/h2-5,13-15,19H,6-12H2,1H3. The molecule has 0 unspecified atom stereocenters. The second-order valence-corrected chi connectivity index (χ2v) is 6.95. The molecule has 110 valence electrons. The van der Waals surface area contributed by atoms with Gasteiger partial charge in [0.1, 0.15) is 0 Å². The van der Waals surface area contributed by atoms with Crippen molar-refractivity contribution in [3.05, 3.63) is 34.9 Å². The predicted octanol–water partition coefficient (Wildman–Crippen LogP) is 3.52. The zero-order valence-corrected chi connectivity index (χ0v) is 13.1. The van der Waals surface area contributed by atoms with Gasteiger partial charge in [0.15, 0.2) is 0 Å². The predicted molar refractivity (Wildman–Crippen MR) is 85.4 cm³/mol. The topological polar surface area (TPSA) is 15.3 Å². The zero-order chi connectivity index (χ0) is 13.9. The van der Waals surface area contributed by atoms with E-state index in [4.69, 9.17) is 11.6 Å². The smallest absolute Gasteiger partial charge is 0.0440 e. The summed E-state index contributed by atoms with van der Waals surface area (Å²) < 4.78 is 0. The largest absolute Gasteiger partial charge is 0.314 e. The second kappa shape index (κ2) is 6.46. The van der Waals surface area contributed by atoms with Gasteiger partial charge in [0.2, 0.25) is 0 Å². The van der Waals surface area contributed by atoms with Crippen LogP contribution in [0.5, 0.6) is 0 Å². The van der Waals surface area contributed by atoms with Gasteiger partial charge in [0.05, 0.1) is 0 Å². The molecule has 1 N–H and O–H groups in total. The molecular weight excluding hydrogens is 268 g/mol. The van der Waals surface area contributed by atoms with Crippen molar-refractivity contribution in [2.45, 2.75) is 37.6 Å². The van der Waals surface area contributed by atoms with Gasteiger partial charge in [-0.1, -0.05) is 29.8 Å². The average molecular weight is 293 g/mol. The summed E-state index contributed by atoms with van der Waals surface area (Å²) in [5.41, 5.74) is 1.34.